The molecule has 170 valence electrons. The number of hydrogen-bond acceptors (Lipinski definition) is 5. The summed E-state index contributed by atoms with van der Waals surface area (Å²) in [4.78, 5) is 25.9. The van der Waals surface area contributed by atoms with Crippen LogP contribution >= 0.6 is 0 Å². The standard InChI is InChI=1S/C25H28N6O2/c1-33-21-6-4-5-18(13-21)17-31(12-11-30-9-2-3-10-30)25(32)23-14-19-7-8-22(28-24(19)29-23)20-15-26-27-16-20/h4-8,13-16H,2-3,9-12,17H2,1H3,(H,26,27)(H,28,29). The molecule has 1 aliphatic rings. The molecule has 2 N–H and O–H groups in total. The highest BCUT2D eigenvalue weighted by Gasteiger charge is 2.21. The second-order valence-corrected chi connectivity index (χ2v) is 8.43. The molecule has 0 aliphatic carbocycles. The first-order valence-electron chi connectivity index (χ1n) is 11.3. The third-order valence-corrected chi connectivity index (χ3v) is 6.18. The lowest BCUT2D eigenvalue weighted by atomic mass is 10.2. The highest BCUT2D eigenvalue weighted by atomic mass is 16.5. The van der Waals surface area contributed by atoms with E-state index in [0.717, 1.165) is 47.6 Å². The van der Waals surface area contributed by atoms with E-state index in [2.05, 4.69) is 25.1 Å². The average molecular weight is 445 g/mol. The van der Waals surface area contributed by atoms with E-state index in [1.807, 2.05) is 47.4 Å². The number of nitrogens with zero attached hydrogens (tertiary/aromatic N) is 4. The van der Waals surface area contributed by atoms with E-state index in [-0.39, 0.29) is 5.91 Å². The summed E-state index contributed by atoms with van der Waals surface area (Å²) in [5.74, 6) is 0.765. The predicted octanol–water partition coefficient (Wildman–Crippen LogP) is 3.70. The number of carbonyl (C=O) groups excluding carboxylic acids is 1. The zero-order chi connectivity index (χ0) is 22.6. The quantitative estimate of drug-likeness (QED) is 0.433. The van der Waals surface area contributed by atoms with Crippen LogP contribution in [-0.2, 0) is 6.54 Å². The van der Waals surface area contributed by atoms with Crippen LogP contribution in [0.2, 0.25) is 0 Å². The fourth-order valence-corrected chi connectivity index (χ4v) is 4.35. The van der Waals surface area contributed by atoms with Gasteiger partial charge in [0.05, 0.1) is 19.0 Å². The van der Waals surface area contributed by atoms with E-state index >= 15 is 0 Å². The second-order valence-electron chi connectivity index (χ2n) is 8.43. The lowest BCUT2D eigenvalue weighted by Crippen LogP contribution is -2.37. The van der Waals surface area contributed by atoms with E-state index in [0.29, 0.717) is 24.4 Å². The molecule has 0 saturated carbocycles. The van der Waals surface area contributed by atoms with Crippen LogP contribution in [0.4, 0.5) is 0 Å². The van der Waals surface area contributed by atoms with Gasteiger partial charge in [0.15, 0.2) is 0 Å². The molecular weight excluding hydrogens is 416 g/mol. The number of amides is 1. The van der Waals surface area contributed by atoms with E-state index in [4.69, 9.17) is 4.74 Å². The van der Waals surface area contributed by atoms with Gasteiger partial charge in [0.2, 0.25) is 0 Å². The summed E-state index contributed by atoms with van der Waals surface area (Å²) in [5.41, 5.74) is 3.99. The van der Waals surface area contributed by atoms with Crippen LogP contribution in [0.25, 0.3) is 22.3 Å². The number of aromatic amines is 2. The molecule has 8 heteroatoms. The van der Waals surface area contributed by atoms with Crippen molar-refractivity contribution in [1.82, 2.24) is 30.0 Å². The molecule has 1 saturated heterocycles. The normalized spacial score (nSPS) is 14.1. The van der Waals surface area contributed by atoms with Gasteiger partial charge in [-0.05, 0) is 61.8 Å². The third kappa shape index (κ3) is 4.75. The minimum Gasteiger partial charge on any atom is -0.497 e. The average Bonchev–Trinajstić information content (AvgIpc) is 3.62. The summed E-state index contributed by atoms with van der Waals surface area (Å²) in [5, 5.41) is 7.71. The van der Waals surface area contributed by atoms with Gasteiger partial charge >= 0.3 is 0 Å². The monoisotopic (exact) mass is 444 g/mol. The largest absolute Gasteiger partial charge is 0.497 e. The lowest BCUT2D eigenvalue weighted by Gasteiger charge is -2.25. The molecule has 1 aliphatic heterocycles. The van der Waals surface area contributed by atoms with Crippen LogP contribution in [-0.4, -0.2) is 69.2 Å². The van der Waals surface area contributed by atoms with Crippen molar-refractivity contribution in [1.29, 1.82) is 0 Å². The van der Waals surface area contributed by atoms with E-state index in [9.17, 15) is 4.79 Å². The maximum absolute atomic E-state index is 13.6. The number of likely N-dealkylation sites (tertiary alicyclic amines) is 1. The van der Waals surface area contributed by atoms with Crippen molar-refractivity contribution in [3.63, 3.8) is 0 Å². The summed E-state index contributed by atoms with van der Waals surface area (Å²) in [6.45, 7) is 4.27. The molecule has 4 heterocycles. The smallest absolute Gasteiger partial charge is 0.270 e. The number of ether oxygens (including phenoxy) is 1. The van der Waals surface area contributed by atoms with E-state index in [1.54, 1.807) is 19.5 Å². The third-order valence-electron chi connectivity index (χ3n) is 6.18. The first-order chi connectivity index (χ1) is 16.2. The number of H-pyrrole nitrogens is 2. The SMILES string of the molecule is COc1cccc(CN(CCN2CCCC2)C(=O)c2cc3ccc(-c4cn[nH]c4)nc3[nH]2)c1. The number of nitrogens with one attached hydrogen (secondary N) is 2. The van der Waals surface area contributed by atoms with Crippen LogP contribution in [0.3, 0.4) is 0 Å². The van der Waals surface area contributed by atoms with Crippen LogP contribution in [0.1, 0.15) is 28.9 Å². The van der Waals surface area contributed by atoms with Gasteiger partial charge in [0.1, 0.15) is 17.1 Å². The predicted molar refractivity (Wildman–Crippen MR) is 127 cm³/mol. The Kier molecular flexibility index (Phi) is 6.08. The molecule has 1 amide bonds. The van der Waals surface area contributed by atoms with Crippen molar-refractivity contribution in [2.75, 3.05) is 33.3 Å². The summed E-state index contributed by atoms with van der Waals surface area (Å²) in [7, 11) is 1.66. The number of aromatic nitrogens is 4. The molecule has 0 radical (unpaired) electrons. The number of benzene rings is 1. The zero-order valence-electron chi connectivity index (χ0n) is 18.8. The maximum atomic E-state index is 13.6. The molecule has 4 aromatic rings. The molecule has 5 rings (SSSR count). The Bertz CT molecular complexity index is 1230. The van der Waals surface area contributed by atoms with E-state index in [1.165, 1.54) is 12.8 Å². The molecule has 0 spiro atoms. The molecular formula is C25H28N6O2. The lowest BCUT2D eigenvalue weighted by molar-refractivity contribution is 0.0722. The summed E-state index contributed by atoms with van der Waals surface area (Å²) in [6, 6.07) is 13.7. The highest BCUT2D eigenvalue weighted by molar-refractivity contribution is 5.97. The molecule has 0 unspecified atom stereocenters. The molecule has 1 aromatic carbocycles. The Morgan fingerprint density at radius 2 is 2.06 bits per heavy atom. The first-order valence-corrected chi connectivity index (χ1v) is 11.3. The molecule has 1 fully saturated rings. The van der Waals surface area contributed by atoms with Crippen molar-refractivity contribution >= 4 is 16.9 Å². The van der Waals surface area contributed by atoms with Crippen molar-refractivity contribution in [3.8, 4) is 17.0 Å². The van der Waals surface area contributed by atoms with Crippen LogP contribution in [0.5, 0.6) is 5.75 Å². The van der Waals surface area contributed by atoms with Gasteiger partial charge < -0.3 is 19.5 Å². The Labute approximate surface area is 192 Å². The molecule has 3 aromatic heterocycles. The Balaban J connectivity index is 1.40. The van der Waals surface area contributed by atoms with Crippen molar-refractivity contribution < 1.29 is 9.53 Å². The zero-order valence-corrected chi connectivity index (χ0v) is 18.8. The van der Waals surface area contributed by atoms with Gasteiger partial charge in [-0.1, -0.05) is 12.1 Å². The van der Waals surface area contributed by atoms with Gasteiger partial charge in [-0.15, -0.1) is 0 Å². The van der Waals surface area contributed by atoms with Gasteiger partial charge in [-0.25, -0.2) is 4.98 Å². The molecule has 33 heavy (non-hydrogen) atoms. The fraction of sp³-hybridized carbons (Fsp3) is 0.320. The van der Waals surface area contributed by atoms with E-state index < -0.39 is 0 Å². The number of pyridine rings is 1. The van der Waals surface area contributed by atoms with Crippen LogP contribution in [0, 0.1) is 0 Å². The van der Waals surface area contributed by atoms with Gasteiger partial charge in [-0.3, -0.25) is 9.89 Å². The van der Waals surface area contributed by atoms with Gasteiger partial charge in [0.25, 0.3) is 5.91 Å². The van der Waals surface area contributed by atoms with Gasteiger partial charge in [-0.2, -0.15) is 5.10 Å². The Morgan fingerprint density at radius 3 is 2.85 bits per heavy atom. The van der Waals surface area contributed by atoms with Gasteiger partial charge in [0, 0.05) is 36.8 Å². The van der Waals surface area contributed by atoms with Crippen LogP contribution in [0.15, 0.2) is 54.9 Å². The first kappa shape index (κ1) is 21.2. The topological polar surface area (TPSA) is 90.1 Å². The highest BCUT2D eigenvalue weighted by Crippen LogP contribution is 2.22. The molecule has 8 nitrogen and oxygen atoms in total. The van der Waals surface area contributed by atoms with Crippen molar-refractivity contribution in [2.24, 2.45) is 0 Å². The number of rotatable bonds is 8. The summed E-state index contributed by atoms with van der Waals surface area (Å²) >= 11 is 0. The van der Waals surface area contributed by atoms with Crippen LogP contribution < -0.4 is 4.74 Å². The molecule has 0 bridgehead atoms. The number of fused-ring (bicyclic) bond motifs is 1. The second kappa shape index (κ2) is 9.46. The minimum absolute atomic E-state index is 0.0279. The number of methoxy groups -OCH3 is 1. The summed E-state index contributed by atoms with van der Waals surface area (Å²) in [6.07, 6.45) is 6.00. The number of hydrogen-bond donors (Lipinski definition) is 2. The minimum atomic E-state index is -0.0279. The van der Waals surface area contributed by atoms with Crippen molar-refractivity contribution in [2.45, 2.75) is 19.4 Å². The molecule has 0 atom stereocenters. The Morgan fingerprint density at radius 1 is 1.18 bits per heavy atom. The fourth-order valence-electron chi connectivity index (χ4n) is 4.35. The summed E-state index contributed by atoms with van der Waals surface area (Å²) < 4.78 is 5.37. The maximum Gasteiger partial charge on any atom is 0.270 e. The number of carbonyl (C=O) groups is 1. The van der Waals surface area contributed by atoms with Crippen molar-refractivity contribution in [3.05, 3.63) is 66.1 Å². The Hall–Kier alpha value is -3.65.